The van der Waals surface area contributed by atoms with Crippen molar-refractivity contribution >= 4 is 28.6 Å². The molecule has 4 rings (SSSR count). The van der Waals surface area contributed by atoms with Crippen LogP contribution in [0.3, 0.4) is 0 Å². The lowest BCUT2D eigenvalue weighted by atomic mass is 10.0. The Labute approximate surface area is 197 Å². The Bertz CT molecular complexity index is 1350. The minimum Gasteiger partial charge on any atom is -0.462 e. The van der Waals surface area contributed by atoms with Gasteiger partial charge in [-0.2, -0.15) is 4.99 Å². The van der Waals surface area contributed by atoms with Crippen molar-refractivity contribution in [2.45, 2.75) is 59.1 Å². The molecule has 9 nitrogen and oxygen atoms in total. The highest BCUT2D eigenvalue weighted by molar-refractivity contribution is 5.93. The first kappa shape index (κ1) is 23.8. The number of nitrogens with zero attached hydrogens (tertiary/aromatic N) is 4. The van der Waals surface area contributed by atoms with Crippen molar-refractivity contribution in [1.82, 2.24) is 14.0 Å². The fraction of sp³-hybridized carbons (Fsp3) is 0.480. The molecule has 1 aliphatic heterocycles. The smallest absolute Gasteiger partial charge is 0.341 e. The maximum Gasteiger partial charge on any atom is 0.341 e. The summed E-state index contributed by atoms with van der Waals surface area (Å²) in [6.45, 7) is 6.67. The van der Waals surface area contributed by atoms with Crippen LogP contribution in [0, 0.1) is 5.92 Å². The van der Waals surface area contributed by atoms with E-state index >= 15 is 0 Å². The summed E-state index contributed by atoms with van der Waals surface area (Å²) in [5.41, 5.74) is 0.732. The standard InChI is InChI=1S/C25H30N4O5/c1-4-16(5-2)23(30)27-22-19(25(32)33-6-3)14-18-21(29(22)15-17-10-9-13-34-17)26-20-11-7-8-12-28(20)24(18)31/h7-8,11-12,14,16-17H,4-6,9-10,13,15H2,1-3H3/t17-/m1/s1. The van der Waals surface area contributed by atoms with Crippen LogP contribution in [0.15, 0.2) is 40.2 Å². The number of hydrogen-bond donors (Lipinski definition) is 0. The Morgan fingerprint density at radius 1 is 1.26 bits per heavy atom. The molecule has 0 bridgehead atoms. The molecule has 0 radical (unpaired) electrons. The molecule has 180 valence electrons. The van der Waals surface area contributed by atoms with Crippen molar-refractivity contribution in [3.05, 3.63) is 51.9 Å². The van der Waals surface area contributed by atoms with Gasteiger partial charge in [-0.05, 0) is 50.8 Å². The van der Waals surface area contributed by atoms with E-state index in [9.17, 15) is 14.4 Å². The Morgan fingerprint density at radius 3 is 2.74 bits per heavy atom. The van der Waals surface area contributed by atoms with Gasteiger partial charge in [0.05, 0.1) is 24.6 Å². The molecule has 0 N–H and O–H groups in total. The lowest BCUT2D eigenvalue weighted by Gasteiger charge is -2.18. The van der Waals surface area contributed by atoms with Gasteiger partial charge in [0.1, 0.15) is 16.9 Å². The van der Waals surface area contributed by atoms with E-state index in [2.05, 4.69) is 4.99 Å². The second kappa shape index (κ2) is 10.3. The minimum atomic E-state index is -0.640. The average molecular weight is 467 g/mol. The van der Waals surface area contributed by atoms with Crippen LogP contribution >= 0.6 is 0 Å². The SMILES string of the molecule is CCOC(=O)c1cc2c(=O)n3ccccc3nc2n(C[C@H]2CCCO2)c1=NC(=O)C(CC)CC. The van der Waals surface area contributed by atoms with E-state index in [4.69, 9.17) is 14.5 Å². The van der Waals surface area contributed by atoms with E-state index in [1.807, 2.05) is 13.8 Å². The fourth-order valence-corrected chi connectivity index (χ4v) is 4.36. The third kappa shape index (κ3) is 4.52. The second-order valence-electron chi connectivity index (χ2n) is 8.39. The monoisotopic (exact) mass is 466 g/mol. The predicted octanol–water partition coefficient (Wildman–Crippen LogP) is 2.87. The molecule has 1 atom stereocenters. The number of esters is 1. The summed E-state index contributed by atoms with van der Waals surface area (Å²) in [4.78, 5) is 48.6. The van der Waals surface area contributed by atoms with Crippen molar-refractivity contribution in [2.24, 2.45) is 10.9 Å². The number of ether oxygens (including phenoxy) is 2. The molecule has 9 heteroatoms. The normalized spacial score (nSPS) is 16.6. The van der Waals surface area contributed by atoms with Crippen LogP contribution in [0.4, 0.5) is 0 Å². The summed E-state index contributed by atoms with van der Waals surface area (Å²) < 4.78 is 14.2. The van der Waals surface area contributed by atoms with Crippen LogP contribution in [0.1, 0.15) is 56.8 Å². The Balaban J connectivity index is 2.10. The molecule has 0 saturated carbocycles. The summed E-state index contributed by atoms with van der Waals surface area (Å²) in [6.07, 6.45) is 4.50. The highest BCUT2D eigenvalue weighted by atomic mass is 16.5. The zero-order valence-electron chi connectivity index (χ0n) is 19.8. The van der Waals surface area contributed by atoms with Crippen molar-refractivity contribution in [1.29, 1.82) is 0 Å². The van der Waals surface area contributed by atoms with E-state index in [0.29, 0.717) is 37.3 Å². The number of amides is 1. The molecular formula is C25H30N4O5. The molecule has 1 amide bonds. The first-order valence-corrected chi connectivity index (χ1v) is 11.9. The van der Waals surface area contributed by atoms with E-state index in [1.54, 1.807) is 35.9 Å². The van der Waals surface area contributed by atoms with E-state index in [-0.39, 0.29) is 46.5 Å². The average Bonchev–Trinajstić information content (AvgIpc) is 3.35. The predicted molar refractivity (Wildman–Crippen MR) is 127 cm³/mol. The van der Waals surface area contributed by atoms with Gasteiger partial charge in [0.15, 0.2) is 5.49 Å². The van der Waals surface area contributed by atoms with Crippen LogP contribution < -0.4 is 11.0 Å². The zero-order chi connectivity index (χ0) is 24.2. The number of carbonyl (C=O) groups is 2. The highest BCUT2D eigenvalue weighted by Crippen LogP contribution is 2.18. The molecule has 1 fully saturated rings. The molecule has 34 heavy (non-hydrogen) atoms. The van der Waals surface area contributed by atoms with Crippen molar-refractivity contribution in [3.63, 3.8) is 0 Å². The third-order valence-electron chi connectivity index (χ3n) is 6.25. The summed E-state index contributed by atoms with van der Waals surface area (Å²) in [6, 6.07) is 6.73. The Kier molecular flexibility index (Phi) is 7.21. The highest BCUT2D eigenvalue weighted by Gasteiger charge is 2.24. The number of pyridine rings is 2. The first-order valence-electron chi connectivity index (χ1n) is 11.9. The quantitative estimate of drug-likeness (QED) is 0.392. The van der Waals surface area contributed by atoms with Crippen molar-refractivity contribution in [3.8, 4) is 0 Å². The van der Waals surface area contributed by atoms with Gasteiger partial charge in [-0.15, -0.1) is 0 Å². The summed E-state index contributed by atoms with van der Waals surface area (Å²) in [7, 11) is 0. The lowest BCUT2D eigenvalue weighted by Crippen LogP contribution is -2.35. The molecule has 3 aromatic heterocycles. The van der Waals surface area contributed by atoms with Crippen LogP contribution in [0.2, 0.25) is 0 Å². The summed E-state index contributed by atoms with van der Waals surface area (Å²) >= 11 is 0. The van der Waals surface area contributed by atoms with Gasteiger partial charge in [-0.1, -0.05) is 19.9 Å². The van der Waals surface area contributed by atoms with Gasteiger partial charge < -0.3 is 14.0 Å². The van der Waals surface area contributed by atoms with Crippen molar-refractivity contribution < 1.29 is 19.1 Å². The molecular weight excluding hydrogens is 436 g/mol. The van der Waals surface area contributed by atoms with Crippen LogP contribution in [0.5, 0.6) is 0 Å². The molecule has 3 aromatic rings. The molecule has 0 spiro atoms. The maximum absolute atomic E-state index is 13.4. The first-order chi connectivity index (χ1) is 16.5. The zero-order valence-corrected chi connectivity index (χ0v) is 19.8. The molecule has 0 aromatic carbocycles. The van der Waals surface area contributed by atoms with E-state index in [1.165, 1.54) is 10.5 Å². The fourth-order valence-electron chi connectivity index (χ4n) is 4.36. The van der Waals surface area contributed by atoms with Crippen LogP contribution in [0.25, 0.3) is 16.7 Å². The lowest BCUT2D eigenvalue weighted by molar-refractivity contribution is -0.122. The Morgan fingerprint density at radius 2 is 2.06 bits per heavy atom. The number of carbonyl (C=O) groups excluding carboxylic acids is 2. The molecule has 0 unspecified atom stereocenters. The van der Waals surface area contributed by atoms with Gasteiger partial charge in [0.2, 0.25) is 0 Å². The van der Waals surface area contributed by atoms with Crippen LogP contribution in [-0.2, 0) is 20.8 Å². The second-order valence-corrected chi connectivity index (χ2v) is 8.39. The largest absolute Gasteiger partial charge is 0.462 e. The van der Waals surface area contributed by atoms with Crippen LogP contribution in [-0.4, -0.2) is 45.1 Å². The van der Waals surface area contributed by atoms with Gasteiger partial charge in [-0.25, -0.2) is 9.78 Å². The number of hydrogen-bond acceptors (Lipinski definition) is 6. The topological polar surface area (TPSA) is 104 Å². The van der Waals surface area contributed by atoms with E-state index in [0.717, 1.165) is 12.8 Å². The maximum atomic E-state index is 13.4. The number of aromatic nitrogens is 3. The number of rotatable bonds is 7. The number of fused-ring (bicyclic) bond motifs is 2. The Hall–Kier alpha value is -3.33. The molecule has 1 aliphatic rings. The molecule has 4 heterocycles. The van der Waals surface area contributed by atoms with Gasteiger partial charge in [0.25, 0.3) is 11.5 Å². The molecule has 0 aliphatic carbocycles. The van der Waals surface area contributed by atoms with E-state index < -0.39 is 5.97 Å². The summed E-state index contributed by atoms with van der Waals surface area (Å²) in [5.74, 6) is -1.22. The summed E-state index contributed by atoms with van der Waals surface area (Å²) in [5, 5.41) is 0.249. The molecule has 1 saturated heterocycles. The van der Waals surface area contributed by atoms with Gasteiger partial charge in [-0.3, -0.25) is 14.0 Å². The van der Waals surface area contributed by atoms with Gasteiger partial charge in [0, 0.05) is 18.7 Å². The van der Waals surface area contributed by atoms with Crippen molar-refractivity contribution in [2.75, 3.05) is 13.2 Å². The van der Waals surface area contributed by atoms with Gasteiger partial charge >= 0.3 is 5.97 Å². The minimum absolute atomic E-state index is 0.0708. The third-order valence-corrected chi connectivity index (χ3v) is 6.25.